The van der Waals surface area contributed by atoms with E-state index in [4.69, 9.17) is 27.9 Å². The first-order valence-corrected chi connectivity index (χ1v) is 7.97. The van der Waals surface area contributed by atoms with Gasteiger partial charge in [-0.2, -0.15) is 4.52 Å². The summed E-state index contributed by atoms with van der Waals surface area (Å²) in [6.45, 7) is 0. The molecule has 0 N–H and O–H groups in total. The third-order valence-electron chi connectivity index (χ3n) is 3.51. The average Bonchev–Trinajstić information content (AvgIpc) is 2.98. The monoisotopic (exact) mass is 374 g/mol. The van der Waals surface area contributed by atoms with E-state index >= 15 is 0 Å². The highest BCUT2D eigenvalue weighted by Crippen LogP contribution is 2.34. The minimum absolute atomic E-state index is 0.123. The van der Waals surface area contributed by atoms with Crippen molar-refractivity contribution in [3.63, 3.8) is 0 Å². The molecule has 0 amide bonds. The number of hydrogen-bond donors (Lipinski definition) is 0. The molecule has 124 valence electrons. The lowest BCUT2D eigenvalue weighted by molar-refractivity contribution is 0.452. The van der Waals surface area contributed by atoms with Gasteiger partial charge in [0.25, 0.3) is 0 Å². The second-order valence-electron chi connectivity index (χ2n) is 5.16. The lowest BCUT2D eigenvalue weighted by Gasteiger charge is -2.11. The van der Waals surface area contributed by atoms with E-state index in [-0.39, 0.29) is 17.0 Å². The molecule has 25 heavy (non-hydrogen) atoms. The molecule has 0 saturated carbocycles. The number of fused-ring (bicyclic) bond motifs is 1. The third-order valence-corrected chi connectivity index (χ3v) is 4.00. The fraction of sp³-hybridized carbons (Fsp3) is 0. The Morgan fingerprint density at radius 2 is 1.72 bits per heavy atom. The number of nitrogens with zero attached hydrogens (tertiary/aromatic N) is 4. The molecule has 0 bridgehead atoms. The Morgan fingerprint density at radius 1 is 0.920 bits per heavy atom. The number of hydrogen-bond acceptors (Lipinski definition) is 4. The van der Waals surface area contributed by atoms with Crippen molar-refractivity contribution in [1.29, 1.82) is 0 Å². The van der Waals surface area contributed by atoms with Crippen LogP contribution in [0.5, 0.6) is 11.6 Å². The molecule has 0 spiro atoms. The molecule has 0 radical (unpaired) electrons. The Labute approximate surface area is 151 Å². The second kappa shape index (κ2) is 6.31. The van der Waals surface area contributed by atoms with Gasteiger partial charge in [-0.15, -0.1) is 15.3 Å². The molecule has 4 rings (SSSR count). The van der Waals surface area contributed by atoms with Crippen LogP contribution < -0.4 is 4.74 Å². The van der Waals surface area contributed by atoms with E-state index in [0.717, 1.165) is 5.56 Å². The lowest BCUT2D eigenvalue weighted by atomic mass is 10.0. The summed E-state index contributed by atoms with van der Waals surface area (Å²) >= 11 is 11.8. The summed E-state index contributed by atoms with van der Waals surface area (Å²) in [5, 5.41) is 12.5. The molecule has 2 aromatic carbocycles. The zero-order valence-electron chi connectivity index (χ0n) is 12.5. The summed E-state index contributed by atoms with van der Waals surface area (Å²) < 4.78 is 20.9. The van der Waals surface area contributed by atoms with Crippen LogP contribution in [-0.2, 0) is 0 Å². The summed E-state index contributed by atoms with van der Waals surface area (Å²) in [6.07, 6.45) is 0. The topological polar surface area (TPSA) is 52.3 Å². The molecule has 5 nitrogen and oxygen atoms in total. The smallest absolute Gasteiger partial charge is 0.246 e. The Kier molecular flexibility index (Phi) is 3.99. The Morgan fingerprint density at radius 3 is 2.52 bits per heavy atom. The molecule has 0 aliphatic heterocycles. The van der Waals surface area contributed by atoms with Crippen LogP contribution in [0.3, 0.4) is 0 Å². The molecule has 0 unspecified atom stereocenters. The van der Waals surface area contributed by atoms with Crippen molar-refractivity contribution in [2.24, 2.45) is 0 Å². The van der Waals surface area contributed by atoms with Crippen LogP contribution in [0.4, 0.5) is 4.39 Å². The van der Waals surface area contributed by atoms with E-state index in [2.05, 4.69) is 15.3 Å². The number of halogens is 3. The summed E-state index contributed by atoms with van der Waals surface area (Å²) in [6, 6.07) is 14.6. The van der Waals surface area contributed by atoms with Gasteiger partial charge in [0.2, 0.25) is 11.2 Å². The molecular weight excluding hydrogens is 366 g/mol. The SMILES string of the molecule is Fc1ccc(Oc2ccc3nnc(Cl)n3n2)c(-c2ccc(Cl)cc2)c1. The lowest BCUT2D eigenvalue weighted by Crippen LogP contribution is -1.97. The average molecular weight is 375 g/mol. The van der Waals surface area contributed by atoms with Crippen LogP contribution in [0.1, 0.15) is 0 Å². The van der Waals surface area contributed by atoms with Crippen LogP contribution in [0.2, 0.25) is 10.3 Å². The molecule has 4 aromatic rings. The van der Waals surface area contributed by atoms with Crippen molar-refractivity contribution in [2.75, 3.05) is 0 Å². The van der Waals surface area contributed by atoms with Crippen LogP contribution in [0.15, 0.2) is 54.6 Å². The van der Waals surface area contributed by atoms with E-state index in [1.165, 1.54) is 16.6 Å². The quantitative estimate of drug-likeness (QED) is 0.504. The Hall–Kier alpha value is -2.70. The molecule has 0 saturated heterocycles. The molecule has 2 aromatic heterocycles. The number of benzene rings is 2. The molecule has 0 fully saturated rings. The van der Waals surface area contributed by atoms with Gasteiger partial charge in [-0.1, -0.05) is 23.7 Å². The fourth-order valence-corrected chi connectivity index (χ4v) is 2.65. The van der Waals surface area contributed by atoms with E-state index in [0.29, 0.717) is 22.0 Å². The normalized spacial score (nSPS) is 11.0. The largest absolute Gasteiger partial charge is 0.437 e. The molecule has 8 heteroatoms. The van der Waals surface area contributed by atoms with Crippen molar-refractivity contribution >= 4 is 28.8 Å². The van der Waals surface area contributed by atoms with E-state index in [9.17, 15) is 4.39 Å². The predicted molar refractivity (Wildman–Crippen MR) is 92.7 cm³/mol. The molecule has 2 heterocycles. The van der Waals surface area contributed by atoms with E-state index < -0.39 is 0 Å². The standard InChI is InChI=1S/C17H9Cl2FN4O/c18-11-3-1-10(2-4-11)13-9-12(20)5-6-14(13)25-16-8-7-15-21-22-17(19)24(15)23-16/h1-9H. The van der Waals surface area contributed by atoms with E-state index in [1.54, 1.807) is 42.5 Å². The Bertz CT molecular complexity index is 1070. The van der Waals surface area contributed by atoms with Gasteiger partial charge in [-0.05, 0) is 53.6 Å². The maximum atomic E-state index is 13.7. The molecule has 0 aliphatic rings. The van der Waals surface area contributed by atoms with Gasteiger partial charge in [-0.3, -0.25) is 0 Å². The summed E-state index contributed by atoms with van der Waals surface area (Å²) in [5.41, 5.74) is 1.84. The number of ether oxygens (including phenoxy) is 1. The first kappa shape index (κ1) is 15.8. The maximum absolute atomic E-state index is 13.7. The summed E-state index contributed by atoms with van der Waals surface area (Å²) in [7, 11) is 0. The van der Waals surface area contributed by atoms with Gasteiger partial charge in [0.1, 0.15) is 11.6 Å². The maximum Gasteiger partial charge on any atom is 0.246 e. The molecule has 0 atom stereocenters. The first-order chi connectivity index (χ1) is 12.1. The van der Waals surface area contributed by atoms with Crippen LogP contribution >= 0.6 is 23.2 Å². The highest BCUT2D eigenvalue weighted by Gasteiger charge is 2.12. The zero-order valence-corrected chi connectivity index (χ0v) is 14.0. The number of aromatic nitrogens is 4. The van der Waals surface area contributed by atoms with Gasteiger partial charge in [-0.25, -0.2) is 4.39 Å². The van der Waals surface area contributed by atoms with E-state index in [1.807, 2.05) is 0 Å². The van der Waals surface area contributed by atoms with Gasteiger partial charge in [0, 0.05) is 16.7 Å². The van der Waals surface area contributed by atoms with Crippen molar-refractivity contribution in [2.45, 2.75) is 0 Å². The minimum atomic E-state index is -0.373. The summed E-state index contributed by atoms with van der Waals surface area (Å²) in [5.74, 6) is 0.346. The van der Waals surface area contributed by atoms with Crippen molar-refractivity contribution in [1.82, 2.24) is 19.8 Å². The van der Waals surface area contributed by atoms with Crippen LogP contribution in [-0.4, -0.2) is 19.8 Å². The first-order valence-electron chi connectivity index (χ1n) is 7.21. The van der Waals surface area contributed by atoms with Gasteiger partial charge in [0.05, 0.1) is 0 Å². The van der Waals surface area contributed by atoms with Crippen molar-refractivity contribution in [3.05, 3.63) is 70.7 Å². The van der Waals surface area contributed by atoms with Gasteiger partial charge in [0.15, 0.2) is 5.65 Å². The van der Waals surface area contributed by atoms with Gasteiger partial charge >= 0.3 is 0 Å². The minimum Gasteiger partial charge on any atom is -0.437 e. The third kappa shape index (κ3) is 3.14. The number of rotatable bonds is 3. The van der Waals surface area contributed by atoms with Crippen LogP contribution in [0.25, 0.3) is 16.8 Å². The molecule has 0 aliphatic carbocycles. The zero-order chi connectivity index (χ0) is 17.4. The van der Waals surface area contributed by atoms with Crippen molar-refractivity contribution in [3.8, 4) is 22.8 Å². The van der Waals surface area contributed by atoms with Gasteiger partial charge < -0.3 is 4.74 Å². The highest BCUT2D eigenvalue weighted by molar-refractivity contribution is 6.30. The molecular formula is C17H9Cl2FN4O. The second-order valence-corrected chi connectivity index (χ2v) is 5.93. The summed E-state index contributed by atoms with van der Waals surface area (Å²) in [4.78, 5) is 0. The highest BCUT2D eigenvalue weighted by atomic mass is 35.5. The fourth-order valence-electron chi connectivity index (χ4n) is 2.36. The van der Waals surface area contributed by atoms with Crippen molar-refractivity contribution < 1.29 is 9.13 Å². The predicted octanol–water partition coefficient (Wildman–Crippen LogP) is 5.03. The Balaban J connectivity index is 1.76. The van der Waals surface area contributed by atoms with Crippen LogP contribution in [0, 0.1) is 5.82 Å².